The predicted octanol–water partition coefficient (Wildman–Crippen LogP) is 3.33. The van der Waals surface area contributed by atoms with Crippen LogP contribution in [0.3, 0.4) is 0 Å². The number of methoxy groups -OCH3 is 1. The molecule has 2 N–H and O–H groups in total. The third-order valence-corrected chi connectivity index (χ3v) is 7.40. The number of ether oxygens (including phenoxy) is 2. The summed E-state index contributed by atoms with van der Waals surface area (Å²) in [6.07, 6.45) is 7.68. The van der Waals surface area contributed by atoms with Gasteiger partial charge < -0.3 is 25.0 Å². The summed E-state index contributed by atoms with van der Waals surface area (Å²) >= 11 is 5.88. The molecule has 0 radical (unpaired) electrons. The first kappa shape index (κ1) is 26.4. The lowest BCUT2D eigenvalue weighted by Crippen LogP contribution is -2.49. The van der Waals surface area contributed by atoms with Gasteiger partial charge in [-0.3, -0.25) is 0 Å². The Morgan fingerprint density at radius 1 is 0.921 bits per heavy atom. The van der Waals surface area contributed by atoms with Crippen molar-refractivity contribution in [3.05, 3.63) is 65.0 Å². The van der Waals surface area contributed by atoms with Gasteiger partial charge in [-0.1, -0.05) is 11.6 Å². The van der Waals surface area contributed by atoms with E-state index in [9.17, 15) is 13.2 Å². The third kappa shape index (κ3) is 5.47. The van der Waals surface area contributed by atoms with E-state index in [2.05, 4.69) is 24.8 Å². The van der Waals surface area contributed by atoms with Crippen LogP contribution in [0, 0.1) is 17.5 Å². The van der Waals surface area contributed by atoms with Crippen LogP contribution in [-0.4, -0.2) is 71.5 Å². The van der Waals surface area contributed by atoms with Crippen LogP contribution in [0.4, 0.5) is 25.1 Å². The topological polar surface area (TPSA) is 103 Å². The molecule has 13 heteroatoms. The number of hydrogen-bond acceptors (Lipinski definition) is 9. The van der Waals surface area contributed by atoms with Gasteiger partial charge in [-0.25, -0.2) is 33.1 Å². The maximum Gasteiger partial charge on any atom is 0.225 e. The molecule has 2 aromatic heterocycles. The molecule has 38 heavy (non-hydrogen) atoms. The van der Waals surface area contributed by atoms with Crippen molar-refractivity contribution < 1.29 is 22.6 Å². The molecule has 2 aliphatic heterocycles. The molecule has 0 saturated carbocycles. The fourth-order valence-corrected chi connectivity index (χ4v) is 4.99. The summed E-state index contributed by atoms with van der Waals surface area (Å²) in [5.41, 5.74) is 5.76. The van der Waals surface area contributed by atoms with Crippen molar-refractivity contribution in [2.75, 3.05) is 49.7 Å². The molecule has 0 spiro atoms. The molecule has 0 bridgehead atoms. The normalized spacial score (nSPS) is 21.1. The van der Waals surface area contributed by atoms with Crippen LogP contribution in [0.2, 0.25) is 5.02 Å². The Kier molecular flexibility index (Phi) is 7.55. The number of benzene rings is 1. The molecule has 2 fully saturated rings. The van der Waals surface area contributed by atoms with Gasteiger partial charge in [-0.2, -0.15) is 0 Å². The number of aromatic nitrogens is 4. The maximum absolute atomic E-state index is 14.3. The zero-order chi connectivity index (χ0) is 26.9. The summed E-state index contributed by atoms with van der Waals surface area (Å²) in [5, 5.41) is 0.489. The zero-order valence-corrected chi connectivity index (χ0v) is 21.4. The van der Waals surface area contributed by atoms with E-state index in [1.54, 1.807) is 36.8 Å². The van der Waals surface area contributed by atoms with Crippen LogP contribution in [0.25, 0.3) is 0 Å². The van der Waals surface area contributed by atoms with Crippen LogP contribution in [0.1, 0.15) is 24.3 Å². The summed E-state index contributed by atoms with van der Waals surface area (Å²) in [6, 6.07) is 0.916. The van der Waals surface area contributed by atoms with Crippen molar-refractivity contribution in [1.29, 1.82) is 0 Å². The highest BCUT2D eigenvalue weighted by Gasteiger charge is 2.37. The first-order chi connectivity index (χ1) is 18.3. The molecule has 202 valence electrons. The summed E-state index contributed by atoms with van der Waals surface area (Å²) in [5.74, 6) is -2.21. The standard InChI is InChI=1S/C25H27ClF3N7O2/c1-37-25(2-4-35(5-3-25)23-31-8-15(26)9-32-23)14-38-16-10-33-24(34-11-16)36-12-18(22(30)13-36)17-6-20(28)21(29)7-19(17)27/h6-11,18,22H,2-5,12-14,30H2,1H3/t18-,22+/m1/s1. The Bertz CT molecular complexity index is 1260. The average molecular weight is 550 g/mol. The molecule has 0 unspecified atom stereocenters. The molecule has 2 saturated heterocycles. The van der Waals surface area contributed by atoms with E-state index >= 15 is 0 Å². The van der Waals surface area contributed by atoms with Gasteiger partial charge in [0.25, 0.3) is 0 Å². The second-order valence-electron chi connectivity index (χ2n) is 9.55. The summed E-state index contributed by atoms with van der Waals surface area (Å²) in [6.45, 7) is 2.31. The van der Waals surface area contributed by atoms with Gasteiger partial charge in [0.15, 0.2) is 17.4 Å². The molecule has 4 heterocycles. The van der Waals surface area contributed by atoms with E-state index in [0.29, 0.717) is 67.8 Å². The minimum atomic E-state index is -1.23. The lowest BCUT2D eigenvalue weighted by atomic mass is 9.92. The lowest BCUT2D eigenvalue weighted by molar-refractivity contribution is -0.0606. The molecule has 2 atom stereocenters. The van der Waals surface area contributed by atoms with Crippen LogP contribution in [-0.2, 0) is 4.74 Å². The fourth-order valence-electron chi connectivity index (χ4n) is 4.90. The van der Waals surface area contributed by atoms with Gasteiger partial charge in [0.1, 0.15) is 18.0 Å². The highest BCUT2D eigenvalue weighted by atomic mass is 35.5. The molecule has 1 aromatic carbocycles. The van der Waals surface area contributed by atoms with E-state index in [0.717, 1.165) is 6.07 Å². The molecule has 5 rings (SSSR count). The number of nitrogens with zero attached hydrogens (tertiary/aromatic N) is 6. The van der Waals surface area contributed by atoms with E-state index in [4.69, 9.17) is 26.8 Å². The van der Waals surface area contributed by atoms with Gasteiger partial charge in [0.05, 0.1) is 29.8 Å². The van der Waals surface area contributed by atoms with E-state index in [-0.39, 0.29) is 12.1 Å². The van der Waals surface area contributed by atoms with Crippen LogP contribution >= 0.6 is 11.6 Å². The molecule has 9 nitrogen and oxygen atoms in total. The van der Waals surface area contributed by atoms with Gasteiger partial charge in [0, 0.05) is 51.3 Å². The average Bonchev–Trinajstić information content (AvgIpc) is 3.32. The van der Waals surface area contributed by atoms with Crippen molar-refractivity contribution in [3.63, 3.8) is 0 Å². The summed E-state index contributed by atoms with van der Waals surface area (Å²) < 4.78 is 53.2. The number of rotatable bonds is 7. The molecule has 2 aliphatic rings. The second-order valence-corrected chi connectivity index (χ2v) is 9.98. The van der Waals surface area contributed by atoms with Crippen molar-refractivity contribution >= 4 is 23.5 Å². The van der Waals surface area contributed by atoms with Gasteiger partial charge in [0.2, 0.25) is 11.9 Å². The first-order valence-electron chi connectivity index (χ1n) is 12.1. The number of hydrogen-bond donors (Lipinski definition) is 1. The Morgan fingerprint density at radius 2 is 1.53 bits per heavy atom. The third-order valence-electron chi connectivity index (χ3n) is 7.20. The van der Waals surface area contributed by atoms with Crippen LogP contribution < -0.4 is 20.3 Å². The van der Waals surface area contributed by atoms with Gasteiger partial charge in [-0.15, -0.1) is 0 Å². The quantitative estimate of drug-likeness (QED) is 0.444. The fraction of sp³-hybridized carbons (Fsp3) is 0.440. The number of anilines is 2. The zero-order valence-electron chi connectivity index (χ0n) is 20.7. The summed E-state index contributed by atoms with van der Waals surface area (Å²) in [4.78, 5) is 21.2. The number of halogens is 4. The Labute approximate surface area is 222 Å². The minimum absolute atomic E-state index is 0.0392. The molecular formula is C25H27ClF3N7O2. The maximum atomic E-state index is 14.3. The molecular weight excluding hydrogens is 523 g/mol. The predicted molar refractivity (Wildman–Crippen MR) is 135 cm³/mol. The van der Waals surface area contributed by atoms with Crippen LogP contribution in [0.5, 0.6) is 5.75 Å². The van der Waals surface area contributed by atoms with Gasteiger partial charge >= 0.3 is 0 Å². The number of piperidine rings is 1. The monoisotopic (exact) mass is 549 g/mol. The first-order valence-corrected chi connectivity index (χ1v) is 12.5. The van der Waals surface area contributed by atoms with Crippen molar-refractivity contribution in [2.45, 2.75) is 30.4 Å². The lowest BCUT2D eigenvalue weighted by Gasteiger charge is -2.40. The van der Waals surface area contributed by atoms with Crippen molar-refractivity contribution in [2.24, 2.45) is 5.73 Å². The van der Waals surface area contributed by atoms with Gasteiger partial charge in [-0.05, 0) is 24.5 Å². The van der Waals surface area contributed by atoms with E-state index in [1.807, 2.05) is 0 Å². The largest absolute Gasteiger partial charge is 0.487 e. The Hall–Kier alpha value is -3.22. The smallest absolute Gasteiger partial charge is 0.225 e. The highest BCUT2D eigenvalue weighted by Crippen LogP contribution is 2.32. The minimum Gasteiger partial charge on any atom is -0.487 e. The summed E-state index contributed by atoms with van der Waals surface area (Å²) in [7, 11) is 1.67. The van der Waals surface area contributed by atoms with Crippen LogP contribution in [0.15, 0.2) is 36.9 Å². The second kappa shape index (κ2) is 10.9. The van der Waals surface area contributed by atoms with E-state index < -0.39 is 35.0 Å². The molecule has 0 amide bonds. The molecule has 3 aromatic rings. The number of nitrogens with two attached hydrogens (primary N) is 1. The highest BCUT2D eigenvalue weighted by molar-refractivity contribution is 6.30. The SMILES string of the molecule is COC1(COc2cnc(N3C[C@H](c4cc(F)c(F)cc4F)[C@@H](N)C3)nc2)CCN(c2ncc(Cl)cn2)CC1. The van der Waals surface area contributed by atoms with E-state index in [1.165, 1.54) is 0 Å². The van der Waals surface area contributed by atoms with Crippen molar-refractivity contribution in [3.8, 4) is 5.75 Å². The molecule has 0 aliphatic carbocycles. The Morgan fingerprint density at radius 3 is 2.18 bits per heavy atom. The van der Waals surface area contributed by atoms with Crippen molar-refractivity contribution in [1.82, 2.24) is 19.9 Å². The Balaban J connectivity index is 1.18.